The van der Waals surface area contributed by atoms with Crippen LogP contribution in [-0.2, 0) is 37.9 Å². The molecule has 0 bridgehead atoms. The molecule has 0 radical (unpaired) electrons. The zero-order valence-electron chi connectivity index (χ0n) is 63.4. The first kappa shape index (κ1) is 65.0. The second-order valence-corrected chi connectivity index (χ2v) is 36.5. The van der Waals surface area contributed by atoms with E-state index in [1.54, 1.807) is 0 Å². The number of para-hydroxylation sites is 2. The summed E-state index contributed by atoms with van der Waals surface area (Å²) in [5, 5.41) is 5.03. The molecule has 4 nitrogen and oxygen atoms in total. The van der Waals surface area contributed by atoms with Crippen LogP contribution < -0.4 is 26.2 Å². The highest BCUT2D eigenvalue weighted by atomic mass is 15.2. The van der Waals surface area contributed by atoms with E-state index >= 15 is 0 Å². The zero-order valence-corrected chi connectivity index (χ0v) is 63.4. The second kappa shape index (κ2) is 22.2. The van der Waals surface area contributed by atoms with Crippen LogP contribution in [0.25, 0.3) is 88.4 Å². The highest BCUT2D eigenvalue weighted by Gasteiger charge is 2.46. The van der Waals surface area contributed by atoms with Gasteiger partial charge in [0.2, 0.25) is 0 Å². The molecule has 0 saturated carbocycles. The molecule has 5 heteroatoms. The number of fused-ring (bicyclic) bond motifs is 12. The van der Waals surface area contributed by atoms with Crippen molar-refractivity contribution < 1.29 is 0 Å². The topological polar surface area (TPSA) is 16.3 Å². The van der Waals surface area contributed by atoms with Gasteiger partial charge in [-0.1, -0.05) is 269 Å². The number of rotatable bonds is 7. The van der Waals surface area contributed by atoms with E-state index in [1.165, 1.54) is 138 Å². The third kappa shape index (κ3) is 10.2. The lowest BCUT2D eigenvalue weighted by Crippen LogP contribution is -2.61. The minimum atomic E-state index is -0.155. The molecule has 0 fully saturated rings. The molecular weight excluding hydrogens is 1240 g/mol. The quantitative estimate of drug-likeness (QED) is 0.148. The SMILES string of the molecule is CC(C)(C)c1cccc(-c2ccc3c(c2)N(c2ccc(-c4ccc5c(c4)C(C)(C)CC5(C)C)cc2)c2cc(-n4c5ccccc5c5ccccc54)cc4c2B3c2ccc(-n3c5ccc(C(C)(C)C)cc5c5cc(C(C)(C)C)ccc53)cc2N4c2ccc(-c3ccc4c(c3)C(C)(C)CC4(C)C)cc2)c1. The number of anilines is 6. The van der Waals surface area contributed by atoms with Crippen LogP contribution >= 0.6 is 0 Å². The molecule has 510 valence electrons. The van der Waals surface area contributed by atoms with Gasteiger partial charge in [-0.3, -0.25) is 0 Å². The summed E-state index contributed by atoms with van der Waals surface area (Å²) in [4.78, 5) is 5.27. The standard InChI is InChI=1S/C98H95BN4/c1-92(2,3)66-24-22-23-62(49-66)65-35-45-81-87(52-65)100(69-38-29-60(30-39-69)63-33-43-77-79(50-63)97(14,15)58-95(77,10)11)89-56-72(103-83-27-20-18-25-73(83)74-26-19-21-28-84(74)103)57-90-91(89)99(81)82-46-42-71(102-85-47-36-67(93(4,5)6)53-75(85)76-54-68(94(7,8)9)37-48-86(76)102)55-88(82)101(90)70-40-31-61(32-41-70)64-34-44-78-80(51-64)98(16,17)59-96(78,12)13/h18-57H,58-59H2,1-17H3. The monoisotopic (exact) mass is 1340 g/mol. The molecule has 2 aromatic heterocycles. The molecule has 0 unspecified atom stereocenters. The average Bonchev–Trinajstić information content (AvgIpc) is 1.68. The Bertz CT molecular complexity index is 5760. The third-order valence-electron chi connectivity index (χ3n) is 24.3. The Morgan fingerprint density at radius 1 is 0.272 bits per heavy atom. The Labute approximate surface area is 610 Å². The molecule has 2 aliphatic heterocycles. The fraction of sp³-hybridized carbons (Fsp3) is 0.265. The maximum absolute atomic E-state index is 2.64. The molecule has 103 heavy (non-hydrogen) atoms. The van der Waals surface area contributed by atoms with E-state index in [1.807, 2.05) is 0 Å². The molecule has 12 aromatic carbocycles. The molecule has 4 heterocycles. The van der Waals surface area contributed by atoms with Gasteiger partial charge in [-0.05, 0) is 230 Å². The van der Waals surface area contributed by atoms with E-state index < -0.39 is 0 Å². The Morgan fingerprint density at radius 3 is 1.13 bits per heavy atom. The lowest BCUT2D eigenvalue weighted by atomic mass is 9.33. The second-order valence-electron chi connectivity index (χ2n) is 36.5. The molecule has 0 amide bonds. The van der Waals surface area contributed by atoms with Crippen LogP contribution in [0.4, 0.5) is 34.1 Å². The summed E-state index contributed by atoms with van der Waals surface area (Å²) in [6, 6.07) is 95.4. The van der Waals surface area contributed by atoms with Crippen molar-refractivity contribution in [3.8, 4) is 44.8 Å². The van der Waals surface area contributed by atoms with Crippen molar-refractivity contribution in [3.63, 3.8) is 0 Å². The van der Waals surface area contributed by atoms with Gasteiger partial charge < -0.3 is 18.9 Å². The Hall–Kier alpha value is -10.1. The van der Waals surface area contributed by atoms with Crippen LogP contribution in [0.1, 0.15) is 169 Å². The van der Waals surface area contributed by atoms with Crippen molar-refractivity contribution in [2.24, 2.45) is 0 Å². The summed E-state index contributed by atoms with van der Waals surface area (Å²) in [7, 11) is 0. The molecule has 0 saturated heterocycles. The average molecular weight is 1340 g/mol. The van der Waals surface area contributed by atoms with E-state index in [4.69, 9.17) is 0 Å². The smallest absolute Gasteiger partial charge is 0.252 e. The number of benzene rings is 12. The summed E-state index contributed by atoms with van der Waals surface area (Å²) < 4.78 is 5.09. The molecule has 14 aromatic rings. The first-order valence-corrected chi connectivity index (χ1v) is 37.7. The highest BCUT2D eigenvalue weighted by Crippen LogP contribution is 2.54. The largest absolute Gasteiger partial charge is 0.311 e. The Balaban J connectivity index is 0.924. The predicted molar refractivity (Wildman–Crippen MR) is 443 cm³/mol. The van der Waals surface area contributed by atoms with Crippen molar-refractivity contribution in [1.82, 2.24) is 9.13 Å². The van der Waals surface area contributed by atoms with Gasteiger partial charge in [0.15, 0.2) is 0 Å². The van der Waals surface area contributed by atoms with Crippen LogP contribution in [0.3, 0.4) is 0 Å². The maximum Gasteiger partial charge on any atom is 0.252 e. The van der Waals surface area contributed by atoms with Crippen LogP contribution in [0.2, 0.25) is 0 Å². The number of nitrogens with zero attached hydrogens (tertiary/aromatic N) is 4. The molecule has 4 aliphatic rings. The normalized spacial score (nSPS) is 16.2. The summed E-state index contributed by atoms with van der Waals surface area (Å²) in [6.07, 6.45) is 2.26. The van der Waals surface area contributed by atoms with E-state index in [0.29, 0.717) is 0 Å². The number of aromatic nitrogens is 2. The van der Waals surface area contributed by atoms with Crippen LogP contribution in [-0.4, -0.2) is 15.8 Å². The lowest BCUT2D eigenvalue weighted by molar-refractivity contribution is 0.402. The summed E-state index contributed by atoms with van der Waals surface area (Å²) in [5.41, 5.74) is 35.2. The van der Waals surface area contributed by atoms with E-state index in [2.05, 4.69) is 379 Å². The number of hydrogen-bond donors (Lipinski definition) is 0. The fourth-order valence-corrected chi connectivity index (χ4v) is 19.5. The van der Waals surface area contributed by atoms with Gasteiger partial charge in [-0.2, -0.15) is 0 Å². The zero-order chi connectivity index (χ0) is 71.6. The van der Waals surface area contributed by atoms with Gasteiger partial charge in [-0.25, -0.2) is 0 Å². The molecule has 0 N–H and O–H groups in total. The maximum atomic E-state index is 2.64. The molecule has 2 aliphatic carbocycles. The van der Waals surface area contributed by atoms with E-state index in [-0.39, 0.29) is 44.6 Å². The fourth-order valence-electron chi connectivity index (χ4n) is 19.5. The summed E-state index contributed by atoms with van der Waals surface area (Å²) in [5.74, 6) is 0. The molecule has 18 rings (SSSR count). The van der Waals surface area contributed by atoms with Crippen LogP contribution in [0.15, 0.2) is 243 Å². The highest BCUT2D eigenvalue weighted by molar-refractivity contribution is 7.00. The van der Waals surface area contributed by atoms with E-state index in [9.17, 15) is 0 Å². The molecule has 0 atom stereocenters. The van der Waals surface area contributed by atoms with Crippen molar-refractivity contribution in [2.45, 2.75) is 168 Å². The van der Waals surface area contributed by atoms with Crippen molar-refractivity contribution in [2.75, 3.05) is 9.80 Å². The van der Waals surface area contributed by atoms with Gasteiger partial charge in [-0.15, -0.1) is 0 Å². The Kier molecular flexibility index (Phi) is 14.0. The predicted octanol–water partition coefficient (Wildman–Crippen LogP) is 24.8. The van der Waals surface area contributed by atoms with Crippen LogP contribution in [0, 0.1) is 0 Å². The van der Waals surface area contributed by atoms with E-state index in [0.717, 1.165) is 52.7 Å². The number of hydrogen-bond acceptors (Lipinski definition) is 2. The summed E-state index contributed by atoms with van der Waals surface area (Å²) in [6.45, 7) is 40.2. The first-order valence-electron chi connectivity index (χ1n) is 37.7. The molecule has 0 spiro atoms. The Morgan fingerprint density at radius 2 is 0.641 bits per heavy atom. The lowest BCUT2D eigenvalue weighted by Gasteiger charge is -2.44. The van der Waals surface area contributed by atoms with Gasteiger partial charge in [0.05, 0.1) is 27.8 Å². The van der Waals surface area contributed by atoms with Crippen molar-refractivity contribution in [3.05, 3.63) is 282 Å². The van der Waals surface area contributed by atoms with Crippen molar-refractivity contribution >= 4 is 101 Å². The van der Waals surface area contributed by atoms with Crippen molar-refractivity contribution in [1.29, 1.82) is 0 Å². The minimum absolute atomic E-state index is 0.0294. The summed E-state index contributed by atoms with van der Waals surface area (Å²) >= 11 is 0. The van der Waals surface area contributed by atoms with Crippen LogP contribution in [0.5, 0.6) is 0 Å². The van der Waals surface area contributed by atoms with Gasteiger partial charge in [0.1, 0.15) is 0 Å². The van der Waals surface area contributed by atoms with Gasteiger partial charge >= 0.3 is 0 Å². The minimum Gasteiger partial charge on any atom is -0.311 e. The van der Waals surface area contributed by atoms with Gasteiger partial charge in [0.25, 0.3) is 6.71 Å². The van der Waals surface area contributed by atoms with Gasteiger partial charge in [0, 0.05) is 61.4 Å². The first-order chi connectivity index (χ1) is 48.9. The molecular formula is C98H95BN4. The third-order valence-corrected chi connectivity index (χ3v) is 24.3.